The van der Waals surface area contributed by atoms with Crippen molar-refractivity contribution in [2.45, 2.75) is 69.6 Å². The van der Waals surface area contributed by atoms with Gasteiger partial charge >= 0.3 is 6.01 Å². The van der Waals surface area contributed by atoms with Gasteiger partial charge in [-0.15, -0.1) is 6.42 Å². The molecule has 5 heterocycles. The number of anilines is 1. The lowest BCUT2D eigenvalue weighted by molar-refractivity contribution is -0.196. The lowest BCUT2D eigenvalue weighted by Gasteiger charge is -2.60. The number of benzene rings is 2. The van der Waals surface area contributed by atoms with Crippen LogP contribution >= 0.6 is 0 Å². The second kappa shape index (κ2) is 12.5. The van der Waals surface area contributed by atoms with Crippen LogP contribution in [0.5, 0.6) is 11.8 Å². The highest BCUT2D eigenvalue weighted by Crippen LogP contribution is 2.55. The minimum Gasteiger partial charge on any atom is -0.508 e. The van der Waals surface area contributed by atoms with Crippen molar-refractivity contribution in [1.82, 2.24) is 19.9 Å². The molecular formula is C40H43F2N5O5. The van der Waals surface area contributed by atoms with Crippen molar-refractivity contribution < 1.29 is 33.2 Å². The number of fused-ring (bicyclic) bond motifs is 3. The Labute approximate surface area is 301 Å². The van der Waals surface area contributed by atoms with Gasteiger partial charge in [0.25, 0.3) is 0 Å². The molecule has 272 valence electrons. The number of phenolic OH excluding ortho intramolecular Hbond substituents is 1. The van der Waals surface area contributed by atoms with Gasteiger partial charge in [-0.1, -0.05) is 18.4 Å². The molecule has 1 spiro atoms. The number of piperidine rings is 1. The summed E-state index contributed by atoms with van der Waals surface area (Å²) in [5, 5.41) is 22.7. The minimum atomic E-state index is -1.19. The number of aromatic nitrogens is 3. The molecule has 2 N–H and O–H groups in total. The van der Waals surface area contributed by atoms with E-state index < -0.39 is 17.2 Å². The lowest BCUT2D eigenvalue weighted by atomic mass is 9.62. The summed E-state index contributed by atoms with van der Waals surface area (Å²) in [5.74, 6) is 1.18. The van der Waals surface area contributed by atoms with Gasteiger partial charge in [0.05, 0.1) is 50.5 Å². The van der Waals surface area contributed by atoms with Crippen LogP contribution in [0.1, 0.15) is 57.4 Å². The monoisotopic (exact) mass is 711 g/mol. The standard InChI is InChI=1S/C40H43F2N5O5/c1-3-27-30(41)8-7-24-14-26(48)15-28(32(24)27)34-33(42)35-29(18-43-34)36(46-12-13-50-20-38(2,49)19-46)45-37(44-35)52-23-40-9-4-6-31(40)47(11-5-10-40)25-16-39(17-25)21-51-22-39/h1,7-8,14-15,18,25,31,48-49H,4-6,9-13,16-17,19-23H2,2H3/t31-,38+,40-/m1/s1. The van der Waals surface area contributed by atoms with E-state index in [0.717, 1.165) is 51.9 Å². The molecule has 5 aliphatic rings. The molecule has 10 nitrogen and oxygen atoms in total. The number of aliphatic hydroxyl groups is 1. The number of pyridine rings is 1. The van der Waals surface area contributed by atoms with E-state index in [1.807, 2.05) is 4.90 Å². The second-order valence-electron chi connectivity index (χ2n) is 16.1. The molecule has 3 atom stereocenters. The van der Waals surface area contributed by atoms with Crippen LogP contribution in [0.3, 0.4) is 0 Å². The van der Waals surface area contributed by atoms with Gasteiger partial charge in [0.2, 0.25) is 0 Å². The molecule has 9 rings (SSSR count). The average molecular weight is 712 g/mol. The number of hydrogen-bond donors (Lipinski definition) is 2. The highest BCUT2D eigenvalue weighted by atomic mass is 19.1. The van der Waals surface area contributed by atoms with E-state index in [2.05, 4.69) is 20.8 Å². The number of halogens is 2. The first kappa shape index (κ1) is 33.7. The van der Waals surface area contributed by atoms with Crippen LogP contribution in [0.15, 0.2) is 30.5 Å². The average Bonchev–Trinajstić information content (AvgIpc) is 3.43. The smallest absolute Gasteiger partial charge is 0.319 e. The Hall–Kier alpha value is -4.15. The number of likely N-dealkylation sites (tertiary alicyclic amines) is 1. The molecule has 0 radical (unpaired) electrons. The Morgan fingerprint density at radius 1 is 1.08 bits per heavy atom. The quantitative estimate of drug-likeness (QED) is 0.246. The summed E-state index contributed by atoms with van der Waals surface area (Å²) in [6.07, 6.45) is 15.0. The fraction of sp³-hybridized carbons (Fsp3) is 0.525. The maximum absolute atomic E-state index is 17.1. The zero-order valence-corrected chi connectivity index (χ0v) is 29.3. The van der Waals surface area contributed by atoms with Crippen LogP contribution in [-0.2, 0) is 9.47 Å². The van der Waals surface area contributed by atoms with Gasteiger partial charge in [-0.25, -0.2) is 8.78 Å². The van der Waals surface area contributed by atoms with Gasteiger partial charge in [0.15, 0.2) is 5.82 Å². The number of nitrogens with zero attached hydrogens (tertiary/aromatic N) is 5. The van der Waals surface area contributed by atoms with E-state index in [9.17, 15) is 14.6 Å². The number of terminal acetylenes is 1. The number of β-amino-alcohol motifs (C(OH)–C–C–N with tert-alkyl or cyclic N) is 1. The molecule has 0 amide bonds. The van der Waals surface area contributed by atoms with Crippen molar-refractivity contribution in [2.75, 3.05) is 57.6 Å². The lowest BCUT2D eigenvalue weighted by Crippen LogP contribution is -2.64. The third-order valence-electron chi connectivity index (χ3n) is 12.3. The maximum atomic E-state index is 17.1. The van der Waals surface area contributed by atoms with Crippen LogP contribution in [0.4, 0.5) is 14.6 Å². The summed E-state index contributed by atoms with van der Waals surface area (Å²) in [4.78, 5) is 18.6. The summed E-state index contributed by atoms with van der Waals surface area (Å²) in [6, 6.07) is 6.50. The fourth-order valence-corrected chi connectivity index (χ4v) is 9.84. The largest absolute Gasteiger partial charge is 0.508 e. The summed E-state index contributed by atoms with van der Waals surface area (Å²) >= 11 is 0. The molecular weight excluding hydrogens is 668 g/mol. The molecule has 0 bridgehead atoms. The zero-order valence-electron chi connectivity index (χ0n) is 29.3. The summed E-state index contributed by atoms with van der Waals surface area (Å²) < 4.78 is 49.8. The van der Waals surface area contributed by atoms with Gasteiger partial charge in [0.1, 0.15) is 34.2 Å². The zero-order chi connectivity index (χ0) is 35.8. The second-order valence-corrected chi connectivity index (χ2v) is 16.1. The number of rotatable bonds is 6. The predicted octanol–water partition coefficient (Wildman–Crippen LogP) is 5.59. The Morgan fingerprint density at radius 3 is 2.69 bits per heavy atom. The first-order valence-electron chi connectivity index (χ1n) is 18.4. The first-order chi connectivity index (χ1) is 25.1. The predicted molar refractivity (Wildman–Crippen MR) is 191 cm³/mol. The molecule has 3 aliphatic heterocycles. The summed E-state index contributed by atoms with van der Waals surface area (Å²) in [7, 11) is 0. The number of ether oxygens (including phenoxy) is 3. The molecule has 12 heteroatoms. The van der Waals surface area contributed by atoms with E-state index in [1.165, 1.54) is 43.3 Å². The van der Waals surface area contributed by atoms with E-state index in [4.69, 9.17) is 25.6 Å². The number of phenols is 1. The maximum Gasteiger partial charge on any atom is 0.319 e. The van der Waals surface area contributed by atoms with Crippen molar-refractivity contribution in [2.24, 2.45) is 10.8 Å². The molecule has 5 fully saturated rings. The fourth-order valence-electron chi connectivity index (χ4n) is 9.84. The first-order valence-corrected chi connectivity index (χ1v) is 18.4. The van der Waals surface area contributed by atoms with E-state index in [-0.39, 0.29) is 58.1 Å². The van der Waals surface area contributed by atoms with E-state index in [1.54, 1.807) is 6.92 Å². The SMILES string of the molecule is C#Cc1c(F)ccc2cc(O)cc(-c3ncc4c(N5CCOC[C@@](C)(O)C5)nc(OC[C@]56CCC[C@H]5N(C5CC7(COC7)C5)CCC6)nc4c3F)c12. The van der Waals surface area contributed by atoms with E-state index >= 15 is 4.39 Å². The van der Waals surface area contributed by atoms with E-state index in [0.29, 0.717) is 53.8 Å². The van der Waals surface area contributed by atoms with Crippen LogP contribution in [0.2, 0.25) is 0 Å². The van der Waals surface area contributed by atoms with Crippen LogP contribution in [-0.4, -0.2) is 100 Å². The van der Waals surface area contributed by atoms with Gasteiger partial charge in [-0.2, -0.15) is 9.97 Å². The van der Waals surface area contributed by atoms with Crippen molar-refractivity contribution >= 4 is 27.5 Å². The minimum absolute atomic E-state index is 0.0332. The van der Waals surface area contributed by atoms with Crippen LogP contribution < -0.4 is 9.64 Å². The molecule has 2 aromatic heterocycles. The normalized spacial score (nSPS) is 27.6. The Bertz CT molecular complexity index is 2110. The van der Waals surface area contributed by atoms with Gasteiger partial charge in [0, 0.05) is 46.6 Å². The third-order valence-corrected chi connectivity index (χ3v) is 12.3. The van der Waals surface area contributed by atoms with Crippen LogP contribution in [0.25, 0.3) is 32.9 Å². The molecule has 2 aliphatic carbocycles. The molecule has 2 saturated carbocycles. The van der Waals surface area contributed by atoms with Crippen molar-refractivity contribution in [3.63, 3.8) is 0 Å². The third kappa shape index (κ3) is 5.56. The Morgan fingerprint density at radius 2 is 1.90 bits per heavy atom. The molecule has 3 saturated heterocycles. The molecule has 52 heavy (non-hydrogen) atoms. The molecule has 2 aromatic carbocycles. The van der Waals surface area contributed by atoms with Gasteiger partial charge in [-0.3, -0.25) is 9.88 Å². The Kier molecular flexibility index (Phi) is 8.08. The number of aromatic hydroxyl groups is 1. The Balaban J connectivity index is 1.12. The van der Waals surface area contributed by atoms with Gasteiger partial charge in [-0.05, 0) is 75.6 Å². The van der Waals surface area contributed by atoms with Crippen molar-refractivity contribution in [1.29, 1.82) is 0 Å². The topological polar surface area (TPSA) is 113 Å². The summed E-state index contributed by atoms with van der Waals surface area (Å²) in [5.41, 5.74) is -0.979. The van der Waals surface area contributed by atoms with Crippen LogP contribution in [0, 0.1) is 34.8 Å². The summed E-state index contributed by atoms with van der Waals surface area (Å²) in [6.45, 7) is 5.99. The van der Waals surface area contributed by atoms with Crippen molar-refractivity contribution in [3.05, 3.63) is 47.7 Å². The highest BCUT2D eigenvalue weighted by Gasteiger charge is 2.56. The highest BCUT2D eigenvalue weighted by molar-refractivity contribution is 6.03. The molecule has 0 unspecified atom stereocenters. The van der Waals surface area contributed by atoms with Gasteiger partial charge < -0.3 is 29.3 Å². The van der Waals surface area contributed by atoms with Crippen molar-refractivity contribution in [3.8, 4) is 35.4 Å². The molecule has 4 aromatic rings. The number of hydrogen-bond acceptors (Lipinski definition) is 10.